The van der Waals surface area contributed by atoms with Gasteiger partial charge in [0.2, 0.25) is 0 Å². The van der Waals surface area contributed by atoms with Gasteiger partial charge in [-0.1, -0.05) is 39.0 Å². The standard InChI is InChI=1S/C17H25FO/c1-4-17(19,15-7-5-6-8-16(15)18)14-10-12(2)9-13(3)11-14/h5-8,12-14,19H,4,9-11H2,1-3H3. The maximum Gasteiger partial charge on any atom is 0.129 e. The molecule has 0 amide bonds. The molecule has 0 bridgehead atoms. The third kappa shape index (κ3) is 2.84. The lowest BCUT2D eigenvalue weighted by Crippen LogP contribution is -2.39. The summed E-state index contributed by atoms with van der Waals surface area (Å²) in [5, 5.41) is 11.1. The molecule has 1 N–H and O–H groups in total. The van der Waals surface area contributed by atoms with Crippen LogP contribution in [-0.4, -0.2) is 5.11 Å². The van der Waals surface area contributed by atoms with Gasteiger partial charge in [0.15, 0.2) is 0 Å². The van der Waals surface area contributed by atoms with Gasteiger partial charge in [0.25, 0.3) is 0 Å². The smallest absolute Gasteiger partial charge is 0.129 e. The van der Waals surface area contributed by atoms with Crippen LogP contribution in [0.1, 0.15) is 52.0 Å². The lowest BCUT2D eigenvalue weighted by Gasteiger charge is -2.42. The predicted molar refractivity (Wildman–Crippen MR) is 76.3 cm³/mol. The molecule has 19 heavy (non-hydrogen) atoms. The number of aliphatic hydroxyl groups is 1. The Balaban J connectivity index is 2.34. The maximum atomic E-state index is 14.1. The number of rotatable bonds is 3. The molecule has 2 rings (SSSR count). The third-order valence-corrected chi connectivity index (χ3v) is 4.73. The van der Waals surface area contributed by atoms with E-state index in [-0.39, 0.29) is 11.7 Å². The Labute approximate surface area is 115 Å². The van der Waals surface area contributed by atoms with Gasteiger partial charge in [0, 0.05) is 5.56 Å². The summed E-state index contributed by atoms with van der Waals surface area (Å²) in [4.78, 5) is 0. The summed E-state index contributed by atoms with van der Waals surface area (Å²) in [6.45, 7) is 6.43. The molecule has 2 heteroatoms. The molecule has 1 nitrogen and oxygen atoms in total. The highest BCUT2D eigenvalue weighted by molar-refractivity contribution is 5.25. The molecule has 0 spiro atoms. The van der Waals surface area contributed by atoms with Crippen LogP contribution in [0.25, 0.3) is 0 Å². The molecule has 1 aromatic rings. The van der Waals surface area contributed by atoms with Crippen LogP contribution in [0.3, 0.4) is 0 Å². The minimum absolute atomic E-state index is 0.160. The van der Waals surface area contributed by atoms with E-state index in [0.717, 1.165) is 12.8 Å². The Morgan fingerprint density at radius 1 is 1.16 bits per heavy atom. The first-order chi connectivity index (χ1) is 8.97. The SMILES string of the molecule is CCC(O)(c1ccccc1F)C1CC(C)CC(C)C1. The molecule has 106 valence electrons. The van der Waals surface area contributed by atoms with Gasteiger partial charge >= 0.3 is 0 Å². The zero-order valence-electron chi connectivity index (χ0n) is 12.2. The van der Waals surface area contributed by atoms with Crippen molar-refractivity contribution >= 4 is 0 Å². The summed E-state index contributed by atoms with van der Waals surface area (Å²) >= 11 is 0. The van der Waals surface area contributed by atoms with E-state index in [1.807, 2.05) is 13.0 Å². The van der Waals surface area contributed by atoms with E-state index in [2.05, 4.69) is 13.8 Å². The first-order valence-corrected chi connectivity index (χ1v) is 7.44. The van der Waals surface area contributed by atoms with Crippen molar-refractivity contribution in [3.05, 3.63) is 35.6 Å². The summed E-state index contributed by atoms with van der Waals surface area (Å²) in [5.41, 5.74) is -0.544. The number of hydrogen-bond donors (Lipinski definition) is 1. The highest BCUT2D eigenvalue weighted by Gasteiger charge is 2.41. The fraction of sp³-hybridized carbons (Fsp3) is 0.647. The van der Waals surface area contributed by atoms with E-state index in [0.29, 0.717) is 23.8 Å². The second-order valence-corrected chi connectivity index (χ2v) is 6.37. The molecule has 0 aliphatic heterocycles. The Morgan fingerprint density at radius 2 is 1.74 bits per heavy atom. The molecular weight excluding hydrogens is 239 g/mol. The van der Waals surface area contributed by atoms with Gasteiger partial charge in [0.1, 0.15) is 5.82 Å². The molecule has 3 unspecified atom stereocenters. The quantitative estimate of drug-likeness (QED) is 0.852. The molecule has 1 aromatic carbocycles. The number of halogens is 1. The molecule has 1 saturated carbocycles. The number of benzene rings is 1. The van der Waals surface area contributed by atoms with Crippen molar-refractivity contribution in [1.29, 1.82) is 0 Å². The van der Waals surface area contributed by atoms with E-state index >= 15 is 0 Å². The van der Waals surface area contributed by atoms with Crippen LogP contribution in [0.2, 0.25) is 0 Å². The van der Waals surface area contributed by atoms with Gasteiger partial charge < -0.3 is 5.11 Å². The second kappa shape index (κ2) is 5.62. The van der Waals surface area contributed by atoms with Crippen molar-refractivity contribution in [2.45, 2.75) is 52.1 Å². The third-order valence-electron chi connectivity index (χ3n) is 4.73. The van der Waals surface area contributed by atoms with Crippen LogP contribution in [0, 0.1) is 23.6 Å². The van der Waals surface area contributed by atoms with E-state index < -0.39 is 5.60 Å². The summed E-state index contributed by atoms with van der Waals surface area (Å²) in [6.07, 6.45) is 3.76. The van der Waals surface area contributed by atoms with Gasteiger partial charge in [-0.3, -0.25) is 0 Å². The van der Waals surface area contributed by atoms with Crippen molar-refractivity contribution in [1.82, 2.24) is 0 Å². The fourth-order valence-corrected chi connectivity index (χ4v) is 3.85. The van der Waals surface area contributed by atoms with Gasteiger partial charge in [-0.2, -0.15) is 0 Å². The van der Waals surface area contributed by atoms with Crippen molar-refractivity contribution in [2.24, 2.45) is 17.8 Å². The van der Waals surface area contributed by atoms with E-state index in [1.165, 1.54) is 12.5 Å². The molecule has 1 fully saturated rings. The zero-order chi connectivity index (χ0) is 14.0. The van der Waals surface area contributed by atoms with Crippen LogP contribution >= 0.6 is 0 Å². The van der Waals surface area contributed by atoms with Crippen LogP contribution < -0.4 is 0 Å². The molecule has 0 aromatic heterocycles. The van der Waals surface area contributed by atoms with Crippen molar-refractivity contribution in [3.8, 4) is 0 Å². The second-order valence-electron chi connectivity index (χ2n) is 6.37. The van der Waals surface area contributed by atoms with Crippen LogP contribution in [0.5, 0.6) is 0 Å². The van der Waals surface area contributed by atoms with Crippen molar-refractivity contribution in [2.75, 3.05) is 0 Å². The minimum atomic E-state index is -1.02. The largest absolute Gasteiger partial charge is 0.385 e. The van der Waals surface area contributed by atoms with Gasteiger partial charge in [-0.05, 0) is 49.5 Å². The summed E-state index contributed by atoms with van der Waals surface area (Å²) in [7, 11) is 0. The van der Waals surface area contributed by atoms with Crippen LogP contribution in [-0.2, 0) is 5.60 Å². The zero-order valence-corrected chi connectivity index (χ0v) is 12.2. The van der Waals surface area contributed by atoms with Gasteiger partial charge in [-0.15, -0.1) is 0 Å². The van der Waals surface area contributed by atoms with Crippen LogP contribution in [0.4, 0.5) is 4.39 Å². The molecule has 1 aliphatic rings. The molecule has 0 heterocycles. The average molecular weight is 264 g/mol. The first kappa shape index (κ1) is 14.5. The molecule has 0 saturated heterocycles. The highest BCUT2D eigenvalue weighted by Crippen LogP contribution is 2.45. The van der Waals surface area contributed by atoms with E-state index in [4.69, 9.17) is 0 Å². The lowest BCUT2D eigenvalue weighted by atomic mass is 9.66. The average Bonchev–Trinajstić information content (AvgIpc) is 2.37. The normalized spacial score (nSPS) is 30.9. The van der Waals surface area contributed by atoms with Crippen LogP contribution in [0.15, 0.2) is 24.3 Å². The fourth-order valence-electron chi connectivity index (χ4n) is 3.85. The molecule has 3 atom stereocenters. The highest BCUT2D eigenvalue weighted by atomic mass is 19.1. The topological polar surface area (TPSA) is 20.2 Å². The first-order valence-electron chi connectivity index (χ1n) is 7.44. The van der Waals surface area contributed by atoms with Crippen molar-refractivity contribution < 1.29 is 9.50 Å². The Kier molecular flexibility index (Phi) is 4.29. The maximum absolute atomic E-state index is 14.1. The summed E-state index contributed by atoms with van der Waals surface area (Å²) in [6, 6.07) is 6.68. The molecule has 1 aliphatic carbocycles. The predicted octanol–water partition coefficient (Wildman–Crippen LogP) is 4.50. The lowest BCUT2D eigenvalue weighted by molar-refractivity contribution is -0.0598. The Bertz CT molecular complexity index is 421. The summed E-state index contributed by atoms with van der Waals surface area (Å²) < 4.78 is 14.1. The van der Waals surface area contributed by atoms with E-state index in [9.17, 15) is 9.50 Å². The minimum Gasteiger partial charge on any atom is -0.385 e. The molecular formula is C17H25FO. The monoisotopic (exact) mass is 264 g/mol. The number of hydrogen-bond acceptors (Lipinski definition) is 1. The Morgan fingerprint density at radius 3 is 2.26 bits per heavy atom. The Hall–Kier alpha value is -0.890. The van der Waals surface area contributed by atoms with Crippen molar-refractivity contribution in [3.63, 3.8) is 0 Å². The molecule has 0 radical (unpaired) electrons. The van der Waals surface area contributed by atoms with E-state index in [1.54, 1.807) is 12.1 Å². The van der Waals surface area contributed by atoms with Gasteiger partial charge in [-0.25, -0.2) is 4.39 Å². The van der Waals surface area contributed by atoms with Gasteiger partial charge in [0.05, 0.1) is 5.60 Å². The summed E-state index contributed by atoms with van der Waals surface area (Å²) in [5.74, 6) is 1.10.